The normalized spacial score (nSPS) is 20.5. The van der Waals surface area contributed by atoms with Crippen molar-refractivity contribution in [1.29, 1.82) is 0 Å². The quantitative estimate of drug-likeness (QED) is 0.727. The summed E-state index contributed by atoms with van der Waals surface area (Å²) in [7, 11) is 0. The van der Waals surface area contributed by atoms with Crippen LogP contribution in [0.1, 0.15) is 34.6 Å². The first-order valence-corrected chi connectivity index (χ1v) is 8.79. The lowest BCUT2D eigenvalue weighted by atomic mass is 9.75. The molecule has 3 heterocycles. The minimum Gasteiger partial charge on any atom is -0.393 e. The third kappa shape index (κ3) is 3.17. The maximum absolute atomic E-state index is 13.0. The number of nitrogens with zero attached hydrogens (tertiary/aromatic N) is 4. The topological polar surface area (TPSA) is 92.4 Å². The highest BCUT2D eigenvalue weighted by Gasteiger charge is 2.35. The van der Waals surface area contributed by atoms with E-state index in [0.29, 0.717) is 36.4 Å². The summed E-state index contributed by atoms with van der Waals surface area (Å²) in [6.45, 7) is 1.81. The molecule has 7 nitrogen and oxygen atoms in total. The van der Waals surface area contributed by atoms with Gasteiger partial charge in [0.1, 0.15) is 5.69 Å². The Balaban J connectivity index is 1.58. The van der Waals surface area contributed by atoms with Crippen LogP contribution in [0.25, 0.3) is 5.78 Å². The number of hydrogen-bond donors (Lipinski definition) is 2. The number of carbonyl (C=O) groups is 1. The van der Waals surface area contributed by atoms with E-state index in [0.717, 1.165) is 5.56 Å². The van der Waals surface area contributed by atoms with Gasteiger partial charge in [0, 0.05) is 30.8 Å². The van der Waals surface area contributed by atoms with E-state index in [4.69, 9.17) is 0 Å². The summed E-state index contributed by atoms with van der Waals surface area (Å²) in [6, 6.07) is 5.65. The molecule has 7 heteroatoms. The third-order valence-corrected chi connectivity index (χ3v) is 5.03. The molecule has 26 heavy (non-hydrogen) atoms. The predicted octanol–water partition coefficient (Wildman–Crippen LogP) is 1.54. The lowest BCUT2D eigenvalue weighted by Crippen LogP contribution is -2.48. The summed E-state index contributed by atoms with van der Waals surface area (Å²) < 4.78 is 1.71. The van der Waals surface area contributed by atoms with Gasteiger partial charge in [0.15, 0.2) is 0 Å². The molecule has 3 aromatic rings. The fraction of sp³-hybridized carbons (Fsp3) is 0.368. The van der Waals surface area contributed by atoms with E-state index < -0.39 is 0 Å². The summed E-state index contributed by atoms with van der Waals surface area (Å²) in [4.78, 5) is 25.6. The predicted molar refractivity (Wildman–Crippen MR) is 95.7 cm³/mol. The molecule has 1 saturated carbocycles. The SMILES string of the molecule is Cc1nc2ncccn2c1C(=O)N[C@@H](Cc1ccncc1)C1CC(O)C1. The summed E-state index contributed by atoms with van der Waals surface area (Å²) in [5.74, 6) is 0.614. The largest absolute Gasteiger partial charge is 0.393 e. The summed E-state index contributed by atoms with van der Waals surface area (Å²) in [5.41, 5.74) is 2.27. The Hall–Kier alpha value is -2.80. The Labute approximate surface area is 151 Å². The summed E-state index contributed by atoms with van der Waals surface area (Å²) >= 11 is 0. The molecule has 0 aromatic carbocycles. The first kappa shape index (κ1) is 16.7. The second-order valence-corrected chi connectivity index (χ2v) is 6.86. The highest BCUT2D eigenvalue weighted by atomic mass is 16.3. The summed E-state index contributed by atoms with van der Waals surface area (Å²) in [6.07, 6.45) is 8.83. The van der Waals surface area contributed by atoms with Crippen molar-refractivity contribution in [3.63, 3.8) is 0 Å². The number of amides is 1. The van der Waals surface area contributed by atoms with E-state index in [1.54, 1.807) is 35.3 Å². The first-order chi connectivity index (χ1) is 12.6. The molecule has 0 unspecified atom stereocenters. The van der Waals surface area contributed by atoms with Crippen molar-refractivity contribution in [1.82, 2.24) is 24.7 Å². The number of carbonyl (C=O) groups excluding carboxylic acids is 1. The van der Waals surface area contributed by atoms with Crippen LogP contribution in [-0.2, 0) is 6.42 Å². The molecule has 1 fully saturated rings. The van der Waals surface area contributed by atoms with Crippen molar-refractivity contribution in [3.8, 4) is 0 Å². The zero-order chi connectivity index (χ0) is 18.1. The van der Waals surface area contributed by atoms with Gasteiger partial charge >= 0.3 is 0 Å². The van der Waals surface area contributed by atoms with E-state index in [-0.39, 0.29) is 24.0 Å². The Morgan fingerprint density at radius 1 is 1.35 bits per heavy atom. The molecule has 1 amide bonds. The number of imidazole rings is 1. The van der Waals surface area contributed by atoms with Crippen LogP contribution in [0.4, 0.5) is 0 Å². The minimum atomic E-state index is -0.265. The Bertz CT molecular complexity index is 918. The number of aliphatic hydroxyl groups is 1. The van der Waals surface area contributed by atoms with E-state index in [1.807, 2.05) is 19.1 Å². The summed E-state index contributed by atoms with van der Waals surface area (Å²) in [5, 5.41) is 12.9. The van der Waals surface area contributed by atoms with Crippen LogP contribution >= 0.6 is 0 Å². The molecule has 0 saturated heterocycles. The van der Waals surface area contributed by atoms with Crippen LogP contribution in [-0.4, -0.2) is 42.5 Å². The smallest absolute Gasteiger partial charge is 0.270 e. The second-order valence-electron chi connectivity index (χ2n) is 6.86. The maximum Gasteiger partial charge on any atom is 0.270 e. The van der Waals surface area contributed by atoms with Crippen LogP contribution in [0, 0.1) is 12.8 Å². The monoisotopic (exact) mass is 351 g/mol. The molecule has 1 aliphatic rings. The van der Waals surface area contributed by atoms with Crippen molar-refractivity contribution in [3.05, 3.63) is 59.9 Å². The Morgan fingerprint density at radius 3 is 2.85 bits per heavy atom. The average Bonchev–Trinajstić information content (AvgIpc) is 2.95. The number of fused-ring (bicyclic) bond motifs is 1. The highest BCUT2D eigenvalue weighted by Crippen LogP contribution is 2.32. The van der Waals surface area contributed by atoms with Crippen molar-refractivity contribution >= 4 is 11.7 Å². The van der Waals surface area contributed by atoms with Crippen LogP contribution < -0.4 is 5.32 Å². The number of aromatic nitrogens is 4. The van der Waals surface area contributed by atoms with Gasteiger partial charge in [-0.2, -0.15) is 0 Å². The fourth-order valence-electron chi connectivity index (χ4n) is 3.57. The van der Waals surface area contributed by atoms with Crippen molar-refractivity contribution in [2.75, 3.05) is 0 Å². The molecular formula is C19H21N5O2. The molecule has 0 radical (unpaired) electrons. The molecular weight excluding hydrogens is 330 g/mol. The number of hydrogen-bond acceptors (Lipinski definition) is 5. The number of aryl methyl sites for hydroxylation is 1. The van der Waals surface area contributed by atoms with Crippen molar-refractivity contribution in [2.24, 2.45) is 5.92 Å². The first-order valence-electron chi connectivity index (χ1n) is 8.79. The van der Waals surface area contributed by atoms with E-state index >= 15 is 0 Å². The standard InChI is InChI=1S/C19H21N5O2/c1-12-17(24-8-2-5-21-19(24)22-12)18(26)23-16(14-10-15(25)11-14)9-13-3-6-20-7-4-13/h2-8,14-16,25H,9-11H2,1H3,(H,23,26)/t14?,15?,16-/m0/s1. The zero-order valence-corrected chi connectivity index (χ0v) is 14.5. The van der Waals surface area contributed by atoms with Crippen LogP contribution in [0.5, 0.6) is 0 Å². The van der Waals surface area contributed by atoms with Crippen LogP contribution in [0.2, 0.25) is 0 Å². The second kappa shape index (κ2) is 6.84. The van der Waals surface area contributed by atoms with Gasteiger partial charge in [-0.05, 0) is 55.9 Å². The van der Waals surface area contributed by atoms with Gasteiger partial charge < -0.3 is 10.4 Å². The molecule has 4 rings (SSSR count). The van der Waals surface area contributed by atoms with Crippen LogP contribution in [0.3, 0.4) is 0 Å². The molecule has 1 atom stereocenters. The molecule has 134 valence electrons. The van der Waals surface area contributed by atoms with Gasteiger partial charge in [0.2, 0.25) is 5.78 Å². The van der Waals surface area contributed by atoms with E-state index in [2.05, 4.69) is 20.3 Å². The van der Waals surface area contributed by atoms with E-state index in [9.17, 15) is 9.90 Å². The third-order valence-electron chi connectivity index (χ3n) is 5.03. The Morgan fingerprint density at radius 2 is 2.12 bits per heavy atom. The molecule has 2 N–H and O–H groups in total. The fourth-order valence-corrected chi connectivity index (χ4v) is 3.57. The van der Waals surface area contributed by atoms with Crippen LogP contribution in [0.15, 0.2) is 43.0 Å². The van der Waals surface area contributed by atoms with Gasteiger partial charge in [-0.25, -0.2) is 9.97 Å². The Kier molecular flexibility index (Phi) is 4.38. The molecule has 1 aliphatic carbocycles. The van der Waals surface area contributed by atoms with Crippen molar-refractivity contribution < 1.29 is 9.90 Å². The molecule has 0 bridgehead atoms. The van der Waals surface area contributed by atoms with E-state index in [1.165, 1.54) is 0 Å². The lowest BCUT2D eigenvalue weighted by molar-refractivity contribution is 0.0238. The molecule has 0 aliphatic heterocycles. The lowest BCUT2D eigenvalue weighted by Gasteiger charge is -2.38. The zero-order valence-electron chi connectivity index (χ0n) is 14.5. The maximum atomic E-state index is 13.0. The average molecular weight is 351 g/mol. The molecule has 0 spiro atoms. The van der Waals surface area contributed by atoms with Crippen molar-refractivity contribution in [2.45, 2.75) is 38.3 Å². The number of aliphatic hydroxyl groups excluding tert-OH is 1. The van der Waals surface area contributed by atoms with Gasteiger partial charge in [-0.1, -0.05) is 0 Å². The van der Waals surface area contributed by atoms with Gasteiger partial charge in [0.05, 0.1) is 11.8 Å². The number of rotatable bonds is 5. The van der Waals surface area contributed by atoms with Gasteiger partial charge in [0.25, 0.3) is 5.91 Å². The minimum absolute atomic E-state index is 0.0464. The van der Waals surface area contributed by atoms with Gasteiger partial charge in [-0.3, -0.25) is 14.2 Å². The van der Waals surface area contributed by atoms with Gasteiger partial charge in [-0.15, -0.1) is 0 Å². The number of pyridine rings is 1. The number of nitrogens with one attached hydrogen (secondary N) is 1. The highest BCUT2D eigenvalue weighted by molar-refractivity contribution is 5.94. The molecule has 3 aromatic heterocycles.